The fourth-order valence-corrected chi connectivity index (χ4v) is 3.59. The van der Waals surface area contributed by atoms with E-state index in [-0.39, 0.29) is 5.75 Å². The topological polar surface area (TPSA) is 57.6 Å². The molecule has 0 aliphatic carbocycles. The van der Waals surface area contributed by atoms with E-state index in [1.807, 2.05) is 53.9 Å². The van der Waals surface area contributed by atoms with Crippen LogP contribution in [0, 0.1) is 0 Å². The second-order valence-corrected chi connectivity index (χ2v) is 6.69. The van der Waals surface area contributed by atoms with Crippen molar-refractivity contribution < 1.29 is 9.84 Å². The van der Waals surface area contributed by atoms with E-state index < -0.39 is 0 Å². The molecule has 5 nitrogen and oxygen atoms in total. The van der Waals surface area contributed by atoms with E-state index >= 15 is 0 Å². The number of nitrogens with zero attached hydrogens (tertiary/aromatic N) is 2. The van der Waals surface area contributed by atoms with Gasteiger partial charge in [0.05, 0.1) is 18.9 Å². The smallest absolute Gasteiger partial charge is 0.187 e. The predicted molar refractivity (Wildman–Crippen MR) is 102 cm³/mol. The number of hydrogen-bond donors (Lipinski definition) is 2. The average molecular weight is 353 g/mol. The molecule has 1 aromatic heterocycles. The number of phenols is 1. The lowest BCUT2D eigenvalue weighted by Gasteiger charge is -2.29. The number of para-hydroxylation sites is 1. The molecule has 0 atom stereocenters. The van der Waals surface area contributed by atoms with Crippen LogP contribution in [0.4, 0.5) is 16.5 Å². The highest BCUT2D eigenvalue weighted by Crippen LogP contribution is 2.35. The molecule has 0 radical (unpaired) electrons. The lowest BCUT2D eigenvalue weighted by molar-refractivity contribution is 0.122. The molecule has 128 valence electrons. The van der Waals surface area contributed by atoms with Gasteiger partial charge >= 0.3 is 0 Å². The van der Waals surface area contributed by atoms with Crippen LogP contribution in [0.3, 0.4) is 0 Å². The molecule has 4 rings (SSSR count). The van der Waals surface area contributed by atoms with Crippen molar-refractivity contribution in [1.29, 1.82) is 0 Å². The van der Waals surface area contributed by atoms with Gasteiger partial charge in [-0.15, -0.1) is 11.3 Å². The van der Waals surface area contributed by atoms with Gasteiger partial charge in [-0.2, -0.15) is 0 Å². The van der Waals surface area contributed by atoms with Crippen LogP contribution in [0.25, 0.3) is 11.3 Å². The lowest BCUT2D eigenvalue weighted by Crippen LogP contribution is -2.36. The molecular weight excluding hydrogens is 334 g/mol. The normalized spacial score (nSPS) is 14.5. The molecule has 2 aromatic carbocycles. The first-order valence-corrected chi connectivity index (χ1v) is 9.11. The standard InChI is InChI=1S/C19H19N3O2S/c23-18-12-15(22-8-10-24-11-9-22)6-7-16(18)17-13-25-19(21-17)20-14-4-2-1-3-5-14/h1-7,12-13,23H,8-11H2,(H,20,21). The zero-order chi connectivity index (χ0) is 17.1. The van der Waals surface area contributed by atoms with Crippen LogP contribution in [-0.4, -0.2) is 36.4 Å². The van der Waals surface area contributed by atoms with Crippen LogP contribution in [0.1, 0.15) is 0 Å². The molecule has 3 aromatic rings. The number of rotatable bonds is 4. The Hall–Kier alpha value is -2.57. The molecule has 2 N–H and O–H groups in total. The molecule has 1 saturated heterocycles. The summed E-state index contributed by atoms with van der Waals surface area (Å²) in [5.74, 6) is 0.251. The van der Waals surface area contributed by atoms with Gasteiger partial charge in [0.2, 0.25) is 0 Å². The highest BCUT2D eigenvalue weighted by molar-refractivity contribution is 7.14. The van der Waals surface area contributed by atoms with Crippen molar-refractivity contribution in [3.63, 3.8) is 0 Å². The second-order valence-electron chi connectivity index (χ2n) is 5.83. The van der Waals surface area contributed by atoms with Gasteiger partial charge in [0.1, 0.15) is 5.75 Å². The number of nitrogens with one attached hydrogen (secondary N) is 1. The van der Waals surface area contributed by atoms with E-state index in [0.717, 1.165) is 54.1 Å². The SMILES string of the molecule is Oc1cc(N2CCOCC2)ccc1-c1csc(Nc2ccccc2)n1. The van der Waals surface area contributed by atoms with Crippen molar-refractivity contribution in [2.75, 3.05) is 36.5 Å². The number of benzene rings is 2. The fraction of sp³-hybridized carbons (Fsp3) is 0.211. The van der Waals surface area contributed by atoms with E-state index in [1.165, 1.54) is 11.3 Å². The Morgan fingerprint density at radius 3 is 2.64 bits per heavy atom. The summed E-state index contributed by atoms with van der Waals surface area (Å²) in [5, 5.41) is 16.5. The Morgan fingerprint density at radius 2 is 1.88 bits per heavy atom. The molecule has 25 heavy (non-hydrogen) atoms. The summed E-state index contributed by atoms with van der Waals surface area (Å²) in [6.07, 6.45) is 0. The van der Waals surface area contributed by atoms with Crippen molar-refractivity contribution in [3.05, 3.63) is 53.9 Å². The molecule has 1 fully saturated rings. The summed E-state index contributed by atoms with van der Waals surface area (Å²) >= 11 is 1.52. The minimum absolute atomic E-state index is 0.251. The van der Waals surface area contributed by atoms with Crippen LogP contribution in [0.15, 0.2) is 53.9 Å². The van der Waals surface area contributed by atoms with Crippen molar-refractivity contribution in [2.24, 2.45) is 0 Å². The maximum absolute atomic E-state index is 10.5. The molecule has 6 heteroatoms. The minimum Gasteiger partial charge on any atom is -0.507 e. The van der Waals surface area contributed by atoms with E-state index in [0.29, 0.717) is 0 Å². The van der Waals surface area contributed by atoms with Gasteiger partial charge in [0, 0.05) is 41.5 Å². The van der Waals surface area contributed by atoms with Gasteiger partial charge in [0.25, 0.3) is 0 Å². The maximum Gasteiger partial charge on any atom is 0.187 e. The van der Waals surface area contributed by atoms with E-state index in [2.05, 4.69) is 15.2 Å². The molecule has 0 amide bonds. The number of aromatic hydroxyl groups is 1. The van der Waals surface area contributed by atoms with Crippen LogP contribution in [-0.2, 0) is 4.74 Å². The third-order valence-electron chi connectivity index (χ3n) is 4.16. The molecule has 0 saturated carbocycles. The van der Waals surface area contributed by atoms with Crippen LogP contribution in [0.2, 0.25) is 0 Å². The van der Waals surface area contributed by atoms with Gasteiger partial charge in [0.15, 0.2) is 5.13 Å². The Bertz CT molecular complexity index is 845. The number of anilines is 3. The van der Waals surface area contributed by atoms with Gasteiger partial charge < -0.3 is 20.1 Å². The van der Waals surface area contributed by atoms with Gasteiger partial charge in [-0.25, -0.2) is 4.98 Å². The molecule has 1 aliphatic heterocycles. The highest BCUT2D eigenvalue weighted by Gasteiger charge is 2.15. The molecule has 0 bridgehead atoms. The fourth-order valence-electron chi connectivity index (χ4n) is 2.85. The first-order chi connectivity index (χ1) is 12.3. The number of hydrogen-bond acceptors (Lipinski definition) is 6. The summed E-state index contributed by atoms with van der Waals surface area (Å²) in [7, 11) is 0. The number of morpholine rings is 1. The quantitative estimate of drug-likeness (QED) is 0.740. The Labute approximate surface area is 150 Å². The Kier molecular flexibility index (Phi) is 4.54. The third-order valence-corrected chi connectivity index (χ3v) is 4.92. The van der Waals surface area contributed by atoms with Gasteiger partial charge in [-0.3, -0.25) is 0 Å². The summed E-state index contributed by atoms with van der Waals surface area (Å²) in [5.41, 5.74) is 3.53. The largest absolute Gasteiger partial charge is 0.507 e. The van der Waals surface area contributed by atoms with Crippen molar-refractivity contribution in [2.45, 2.75) is 0 Å². The highest BCUT2D eigenvalue weighted by atomic mass is 32.1. The molecule has 2 heterocycles. The van der Waals surface area contributed by atoms with E-state index in [1.54, 1.807) is 0 Å². The summed E-state index contributed by atoms with van der Waals surface area (Å²) in [6.45, 7) is 3.15. The van der Waals surface area contributed by atoms with Crippen molar-refractivity contribution >= 4 is 27.8 Å². The maximum atomic E-state index is 10.5. The van der Waals surface area contributed by atoms with Crippen LogP contribution in [0.5, 0.6) is 5.75 Å². The number of ether oxygens (including phenoxy) is 1. The van der Waals surface area contributed by atoms with Crippen LogP contribution >= 0.6 is 11.3 Å². The lowest BCUT2D eigenvalue weighted by atomic mass is 10.1. The number of aromatic nitrogens is 1. The van der Waals surface area contributed by atoms with Gasteiger partial charge in [-0.05, 0) is 24.3 Å². The third kappa shape index (κ3) is 3.60. The monoisotopic (exact) mass is 353 g/mol. The first kappa shape index (κ1) is 15.9. The molecule has 0 unspecified atom stereocenters. The average Bonchev–Trinajstić information content (AvgIpc) is 3.11. The zero-order valence-corrected chi connectivity index (χ0v) is 14.5. The van der Waals surface area contributed by atoms with Crippen molar-refractivity contribution in [1.82, 2.24) is 4.98 Å². The summed E-state index contributed by atoms with van der Waals surface area (Å²) < 4.78 is 5.38. The van der Waals surface area contributed by atoms with E-state index in [4.69, 9.17) is 4.74 Å². The van der Waals surface area contributed by atoms with Crippen LogP contribution < -0.4 is 10.2 Å². The van der Waals surface area contributed by atoms with Gasteiger partial charge in [-0.1, -0.05) is 18.2 Å². The number of phenolic OH excluding ortho intramolecular Hbond substituents is 1. The summed E-state index contributed by atoms with van der Waals surface area (Å²) in [6, 6.07) is 15.7. The second kappa shape index (κ2) is 7.13. The Morgan fingerprint density at radius 1 is 1.08 bits per heavy atom. The Balaban J connectivity index is 1.53. The summed E-state index contributed by atoms with van der Waals surface area (Å²) in [4.78, 5) is 6.81. The zero-order valence-electron chi connectivity index (χ0n) is 13.7. The predicted octanol–water partition coefficient (Wildman–Crippen LogP) is 4.10. The number of thiazole rings is 1. The molecule has 0 spiro atoms. The molecular formula is C19H19N3O2S. The first-order valence-electron chi connectivity index (χ1n) is 8.23. The minimum atomic E-state index is 0.251. The van der Waals surface area contributed by atoms with Crippen molar-refractivity contribution in [3.8, 4) is 17.0 Å². The molecule has 1 aliphatic rings. The van der Waals surface area contributed by atoms with E-state index in [9.17, 15) is 5.11 Å².